The van der Waals surface area contributed by atoms with Crippen molar-refractivity contribution in [1.29, 1.82) is 0 Å². The number of hydrogen-bond acceptors (Lipinski definition) is 7. The molecule has 2 aromatic rings. The standard InChI is InChI=1S/C22H25N3O6S2/c23-20(27)19-16-8-1-2-9-17(16)32-21(19)24-18(26)13-31-22(28)14-6-5-7-15(12-14)33(29,30)25-10-3-4-11-25/h5-7,12H,1-4,8-11,13H2,(H2,23,27)(H,24,26). The minimum absolute atomic E-state index is 0.0126. The molecule has 1 aromatic carbocycles. The van der Waals surface area contributed by atoms with E-state index in [1.165, 1.54) is 39.9 Å². The van der Waals surface area contributed by atoms with Crippen LogP contribution in [0.2, 0.25) is 0 Å². The first-order valence-corrected chi connectivity index (χ1v) is 13.0. The summed E-state index contributed by atoms with van der Waals surface area (Å²) in [6, 6.07) is 5.59. The lowest BCUT2D eigenvalue weighted by Gasteiger charge is -2.15. The van der Waals surface area contributed by atoms with Crippen molar-refractivity contribution < 1.29 is 27.5 Å². The fraction of sp³-hybridized carbons (Fsp3) is 0.409. The maximum Gasteiger partial charge on any atom is 0.338 e. The number of rotatable bonds is 7. The Morgan fingerprint density at radius 1 is 1.09 bits per heavy atom. The first-order valence-electron chi connectivity index (χ1n) is 10.8. The van der Waals surface area contributed by atoms with Crippen molar-refractivity contribution >= 4 is 44.1 Å². The predicted molar refractivity (Wildman–Crippen MR) is 123 cm³/mol. The van der Waals surface area contributed by atoms with Crippen molar-refractivity contribution in [1.82, 2.24) is 4.31 Å². The molecule has 0 saturated carbocycles. The smallest absolute Gasteiger partial charge is 0.338 e. The van der Waals surface area contributed by atoms with Gasteiger partial charge in [-0.3, -0.25) is 9.59 Å². The molecule has 2 heterocycles. The van der Waals surface area contributed by atoms with Gasteiger partial charge in [-0.25, -0.2) is 13.2 Å². The first-order chi connectivity index (χ1) is 15.8. The van der Waals surface area contributed by atoms with Crippen LogP contribution in [-0.4, -0.2) is 50.2 Å². The SMILES string of the molecule is NC(=O)c1c(NC(=O)COC(=O)c2cccc(S(=O)(=O)N3CCCC3)c2)sc2c1CCCC2. The topological polar surface area (TPSA) is 136 Å². The van der Waals surface area contributed by atoms with Crippen LogP contribution in [0.3, 0.4) is 0 Å². The highest BCUT2D eigenvalue weighted by Crippen LogP contribution is 2.37. The summed E-state index contributed by atoms with van der Waals surface area (Å²) >= 11 is 1.32. The number of carbonyl (C=O) groups excluding carboxylic acids is 3. The molecule has 0 bridgehead atoms. The Kier molecular flexibility index (Phi) is 6.82. The van der Waals surface area contributed by atoms with E-state index in [9.17, 15) is 22.8 Å². The maximum absolute atomic E-state index is 12.7. The summed E-state index contributed by atoms with van der Waals surface area (Å²) in [4.78, 5) is 37.8. The van der Waals surface area contributed by atoms with E-state index in [1.54, 1.807) is 0 Å². The summed E-state index contributed by atoms with van der Waals surface area (Å²) < 4.78 is 31.9. The monoisotopic (exact) mass is 491 g/mol. The van der Waals surface area contributed by atoms with Gasteiger partial charge in [-0.1, -0.05) is 6.07 Å². The molecule has 1 saturated heterocycles. The van der Waals surface area contributed by atoms with Crippen molar-refractivity contribution in [2.24, 2.45) is 5.73 Å². The molecule has 33 heavy (non-hydrogen) atoms. The number of ether oxygens (including phenoxy) is 1. The number of nitrogens with zero attached hydrogens (tertiary/aromatic N) is 1. The summed E-state index contributed by atoms with van der Waals surface area (Å²) in [7, 11) is -3.68. The second-order valence-electron chi connectivity index (χ2n) is 8.04. The Morgan fingerprint density at radius 3 is 2.55 bits per heavy atom. The van der Waals surface area contributed by atoms with Crippen LogP contribution in [0, 0.1) is 0 Å². The molecular formula is C22H25N3O6S2. The maximum atomic E-state index is 12.7. The molecule has 4 rings (SSSR count). The van der Waals surface area contributed by atoms with Gasteiger partial charge in [-0.2, -0.15) is 4.31 Å². The van der Waals surface area contributed by atoms with Gasteiger partial charge in [0, 0.05) is 18.0 Å². The second-order valence-corrected chi connectivity index (χ2v) is 11.1. The molecule has 0 unspecified atom stereocenters. The van der Waals surface area contributed by atoms with Crippen molar-refractivity contribution in [3.8, 4) is 0 Å². The van der Waals surface area contributed by atoms with E-state index in [1.807, 2.05) is 0 Å². The molecule has 1 fully saturated rings. The number of esters is 1. The summed E-state index contributed by atoms with van der Waals surface area (Å²) in [6.45, 7) is 0.329. The Balaban J connectivity index is 1.41. The number of carbonyl (C=O) groups is 3. The van der Waals surface area contributed by atoms with E-state index in [0.29, 0.717) is 23.7 Å². The fourth-order valence-corrected chi connectivity index (χ4v) is 7.03. The molecule has 9 nitrogen and oxygen atoms in total. The van der Waals surface area contributed by atoms with Crippen LogP contribution in [0.1, 0.15) is 56.8 Å². The van der Waals surface area contributed by atoms with Crippen LogP contribution in [0.5, 0.6) is 0 Å². The molecule has 176 valence electrons. The van der Waals surface area contributed by atoms with E-state index in [-0.39, 0.29) is 10.5 Å². The zero-order chi connectivity index (χ0) is 23.6. The number of amides is 2. The number of anilines is 1. The Morgan fingerprint density at radius 2 is 1.82 bits per heavy atom. The van der Waals surface area contributed by atoms with Crippen molar-refractivity contribution in [2.45, 2.75) is 43.4 Å². The van der Waals surface area contributed by atoms with Crippen LogP contribution in [0.15, 0.2) is 29.2 Å². The summed E-state index contributed by atoms with van der Waals surface area (Å²) in [5.41, 5.74) is 6.78. The number of fused-ring (bicyclic) bond motifs is 1. The van der Waals surface area contributed by atoms with E-state index in [2.05, 4.69) is 5.32 Å². The fourth-order valence-electron chi connectivity index (χ4n) is 4.15. The van der Waals surface area contributed by atoms with Gasteiger partial charge >= 0.3 is 5.97 Å². The van der Waals surface area contributed by atoms with Gasteiger partial charge in [0.15, 0.2) is 6.61 Å². The van der Waals surface area contributed by atoms with Crippen molar-refractivity contribution in [3.05, 3.63) is 45.8 Å². The molecule has 11 heteroatoms. The Bertz CT molecular complexity index is 1200. The molecule has 1 aliphatic heterocycles. The highest BCUT2D eigenvalue weighted by molar-refractivity contribution is 7.89. The first kappa shape index (κ1) is 23.4. The summed E-state index contributed by atoms with van der Waals surface area (Å²) in [5.74, 6) is -2.02. The Hall–Kier alpha value is -2.76. The Labute approximate surface area is 196 Å². The van der Waals surface area contributed by atoms with E-state index in [4.69, 9.17) is 10.5 Å². The third-order valence-corrected chi connectivity index (χ3v) is 8.88. The largest absolute Gasteiger partial charge is 0.452 e. The van der Waals surface area contributed by atoms with Crippen LogP contribution in [-0.2, 0) is 32.4 Å². The van der Waals surface area contributed by atoms with Crippen molar-refractivity contribution in [2.75, 3.05) is 25.0 Å². The zero-order valence-corrected chi connectivity index (χ0v) is 19.6. The van der Waals surface area contributed by atoms with Gasteiger partial charge in [0.05, 0.1) is 16.0 Å². The van der Waals surface area contributed by atoms with E-state index in [0.717, 1.165) is 49.0 Å². The van der Waals surface area contributed by atoms with E-state index >= 15 is 0 Å². The minimum atomic E-state index is -3.68. The molecular weight excluding hydrogens is 466 g/mol. The normalized spacial score (nSPS) is 16.2. The summed E-state index contributed by atoms with van der Waals surface area (Å²) in [5, 5.41) is 3.00. The lowest BCUT2D eigenvalue weighted by Crippen LogP contribution is -2.28. The van der Waals surface area contributed by atoms with Gasteiger partial charge in [-0.15, -0.1) is 11.3 Å². The molecule has 2 aliphatic rings. The van der Waals surface area contributed by atoms with Gasteiger partial charge in [0.25, 0.3) is 11.8 Å². The number of nitrogens with two attached hydrogens (primary N) is 1. The zero-order valence-electron chi connectivity index (χ0n) is 18.0. The third-order valence-electron chi connectivity index (χ3n) is 5.78. The minimum Gasteiger partial charge on any atom is -0.452 e. The van der Waals surface area contributed by atoms with Crippen LogP contribution in [0.4, 0.5) is 5.00 Å². The van der Waals surface area contributed by atoms with Crippen molar-refractivity contribution in [3.63, 3.8) is 0 Å². The molecule has 1 aliphatic carbocycles. The number of benzene rings is 1. The molecule has 1 aromatic heterocycles. The van der Waals surface area contributed by atoms with E-state index < -0.39 is 34.4 Å². The second kappa shape index (κ2) is 9.62. The highest BCUT2D eigenvalue weighted by atomic mass is 32.2. The average molecular weight is 492 g/mol. The molecule has 0 spiro atoms. The molecule has 2 amide bonds. The molecule has 0 atom stereocenters. The quantitative estimate of drug-likeness (QED) is 0.571. The average Bonchev–Trinajstić information content (AvgIpc) is 3.46. The summed E-state index contributed by atoms with van der Waals surface area (Å²) in [6.07, 6.45) is 5.17. The number of primary amides is 1. The molecule has 3 N–H and O–H groups in total. The molecule has 0 radical (unpaired) electrons. The number of hydrogen-bond donors (Lipinski definition) is 2. The highest BCUT2D eigenvalue weighted by Gasteiger charge is 2.28. The lowest BCUT2D eigenvalue weighted by molar-refractivity contribution is -0.119. The predicted octanol–water partition coefficient (Wildman–Crippen LogP) is 2.31. The van der Waals surface area contributed by atoms with Gasteiger partial charge in [0.1, 0.15) is 5.00 Å². The van der Waals surface area contributed by atoms with Gasteiger partial charge in [0.2, 0.25) is 10.0 Å². The third kappa shape index (κ3) is 4.94. The van der Waals surface area contributed by atoms with Gasteiger partial charge < -0.3 is 15.8 Å². The van der Waals surface area contributed by atoms with Crippen LogP contribution in [0.25, 0.3) is 0 Å². The van der Waals surface area contributed by atoms with Crippen LogP contribution < -0.4 is 11.1 Å². The number of aryl methyl sites for hydroxylation is 1. The number of sulfonamides is 1. The van der Waals surface area contributed by atoms with Crippen LogP contribution >= 0.6 is 11.3 Å². The number of nitrogens with one attached hydrogen (secondary N) is 1. The lowest BCUT2D eigenvalue weighted by atomic mass is 9.95. The van der Waals surface area contributed by atoms with Gasteiger partial charge in [-0.05, 0) is 62.3 Å². The number of thiophene rings is 1.